The summed E-state index contributed by atoms with van der Waals surface area (Å²) in [6, 6.07) is 6.44. The highest BCUT2D eigenvalue weighted by Crippen LogP contribution is 2.22. The fourth-order valence-electron chi connectivity index (χ4n) is 2.12. The highest BCUT2D eigenvalue weighted by molar-refractivity contribution is 7.77. The molecule has 0 saturated heterocycles. The summed E-state index contributed by atoms with van der Waals surface area (Å²) in [4.78, 5) is 0. The fraction of sp³-hybridized carbons (Fsp3) is 0.455. The largest absolute Gasteiger partial charge is 0.760 e. The maximum atomic E-state index is 10.5. The summed E-state index contributed by atoms with van der Waals surface area (Å²) in [5.74, 6) is 0. The van der Waals surface area contributed by atoms with Crippen LogP contribution in [0.4, 0.5) is 0 Å². The molecule has 0 amide bonds. The van der Waals surface area contributed by atoms with Crippen LogP contribution >= 0.6 is 0 Å². The topological polar surface area (TPSA) is 52.2 Å². The second-order valence-corrected chi connectivity index (χ2v) is 4.77. The van der Waals surface area contributed by atoms with Crippen LogP contribution in [0.2, 0.25) is 0 Å². The lowest BCUT2D eigenvalue weighted by Gasteiger charge is -2.26. The van der Waals surface area contributed by atoms with Crippen LogP contribution in [-0.4, -0.2) is 14.8 Å². The Morgan fingerprint density at radius 2 is 2.27 bits per heavy atom. The van der Waals surface area contributed by atoms with Crippen molar-refractivity contribution in [3.8, 4) is 0 Å². The summed E-state index contributed by atoms with van der Waals surface area (Å²) in [7, 11) is 0. The molecule has 1 N–H and O–H groups in total. The summed E-state index contributed by atoms with van der Waals surface area (Å²) < 4.78 is 23.6. The molecular weight excluding hydrogens is 210 g/mol. The van der Waals surface area contributed by atoms with Crippen LogP contribution in [0.15, 0.2) is 18.2 Å². The van der Waals surface area contributed by atoms with E-state index in [1.807, 2.05) is 0 Å². The van der Waals surface area contributed by atoms with Crippen molar-refractivity contribution in [1.29, 1.82) is 0 Å². The van der Waals surface area contributed by atoms with Crippen LogP contribution in [0.25, 0.3) is 0 Å². The molecule has 2 atom stereocenters. The molecule has 1 aliphatic rings. The first-order valence-corrected chi connectivity index (χ1v) is 6.16. The Hall–Kier alpha value is -0.710. The molecule has 82 valence electrons. The Labute approximate surface area is 92.3 Å². The van der Waals surface area contributed by atoms with Crippen molar-refractivity contribution < 1.29 is 8.76 Å². The van der Waals surface area contributed by atoms with E-state index >= 15 is 0 Å². The predicted molar refractivity (Wildman–Crippen MR) is 59.0 cm³/mol. The molecule has 0 radical (unpaired) electrons. The lowest BCUT2D eigenvalue weighted by molar-refractivity contribution is 0.478. The van der Waals surface area contributed by atoms with Gasteiger partial charge in [0.05, 0.1) is 0 Å². The molecule has 0 saturated carbocycles. The molecule has 0 bridgehead atoms. The SMILES string of the molecule is Cc1ccc2c(c1)CCC(NS(=O)[O-])C2. The van der Waals surface area contributed by atoms with E-state index in [4.69, 9.17) is 0 Å². The number of aryl methyl sites for hydroxylation is 2. The minimum atomic E-state index is -2.14. The van der Waals surface area contributed by atoms with Gasteiger partial charge in [-0.3, -0.25) is 4.21 Å². The van der Waals surface area contributed by atoms with Gasteiger partial charge in [-0.1, -0.05) is 23.8 Å². The summed E-state index contributed by atoms with van der Waals surface area (Å²) in [6.45, 7) is 2.08. The van der Waals surface area contributed by atoms with Crippen molar-refractivity contribution in [3.63, 3.8) is 0 Å². The number of nitrogens with one attached hydrogen (secondary N) is 1. The molecular formula is C11H14NO2S-. The zero-order chi connectivity index (χ0) is 10.8. The standard InChI is InChI=1S/C11H15NO2S/c1-8-2-3-10-7-11(12-15(13)14)5-4-9(10)6-8/h2-3,6,11-12H,4-5,7H2,1H3,(H,13,14)/p-1. The monoisotopic (exact) mass is 224 g/mol. The second kappa shape index (κ2) is 4.43. The predicted octanol–water partition coefficient (Wildman–Crippen LogP) is 1.24. The number of hydrogen-bond donors (Lipinski definition) is 1. The quantitative estimate of drug-likeness (QED) is 0.768. The molecule has 2 rings (SSSR count). The first kappa shape index (κ1) is 10.8. The van der Waals surface area contributed by atoms with Crippen molar-refractivity contribution in [2.75, 3.05) is 0 Å². The summed E-state index contributed by atoms with van der Waals surface area (Å²) in [5.41, 5.74) is 3.91. The van der Waals surface area contributed by atoms with Gasteiger partial charge in [-0.2, -0.15) is 0 Å². The zero-order valence-corrected chi connectivity index (χ0v) is 9.47. The van der Waals surface area contributed by atoms with E-state index in [0.29, 0.717) is 0 Å². The van der Waals surface area contributed by atoms with Crippen LogP contribution in [0.5, 0.6) is 0 Å². The molecule has 0 spiro atoms. The van der Waals surface area contributed by atoms with Crippen molar-refractivity contribution in [3.05, 3.63) is 34.9 Å². The van der Waals surface area contributed by atoms with Gasteiger partial charge >= 0.3 is 0 Å². The highest BCUT2D eigenvalue weighted by Gasteiger charge is 2.17. The first-order valence-electron chi connectivity index (χ1n) is 5.09. The Morgan fingerprint density at radius 3 is 3.00 bits per heavy atom. The molecule has 1 aliphatic carbocycles. The van der Waals surface area contributed by atoms with E-state index < -0.39 is 11.3 Å². The molecule has 0 heterocycles. The highest BCUT2D eigenvalue weighted by atomic mass is 32.2. The Kier molecular flexibility index (Phi) is 3.19. The van der Waals surface area contributed by atoms with Crippen molar-refractivity contribution in [2.45, 2.75) is 32.2 Å². The molecule has 1 aromatic carbocycles. The fourth-order valence-corrected chi connectivity index (χ4v) is 2.59. The lowest BCUT2D eigenvalue weighted by atomic mass is 9.88. The van der Waals surface area contributed by atoms with Gasteiger partial charge in [0.1, 0.15) is 0 Å². The van der Waals surface area contributed by atoms with E-state index in [1.165, 1.54) is 16.7 Å². The van der Waals surface area contributed by atoms with Crippen LogP contribution in [0, 0.1) is 6.92 Å². The van der Waals surface area contributed by atoms with Crippen LogP contribution in [0.3, 0.4) is 0 Å². The van der Waals surface area contributed by atoms with Crippen LogP contribution in [0.1, 0.15) is 23.1 Å². The minimum absolute atomic E-state index is 0.0681. The molecule has 4 heteroatoms. The van der Waals surface area contributed by atoms with Crippen LogP contribution in [-0.2, 0) is 24.1 Å². The third-order valence-electron chi connectivity index (χ3n) is 2.85. The minimum Gasteiger partial charge on any atom is -0.760 e. The molecule has 15 heavy (non-hydrogen) atoms. The summed E-state index contributed by atoms with van der Waals surface area (Å²) >= 11 is -2.14. The second-order valence-electron chi connectivity index (χ2n) is 4.06. The molecule has 1 aromatic rings. The smallest absolute Gasteiger partial charge is 0.0228 e. The average Bonchev–Trinajstić information content (AvgIpc) is 2.17. The van der Waals surface area contributed by atoms with Crippen molar-refractivity contribution >= 4 is 11.3 Å². The summed E-state index contributed by atoms with van der Waals surface area (Å²) in [5, 5.41) is 0. The van der Waals surface area contributed by atoms with E-state index in [-0.39, 0.29) is 6.04 Å². The molecule has 3 nitrogen and oxygen atoms in total. The van der Waals surface area contributed by atoms with Crippen molar-refractivity contribution in [1.82, 2.24) is 4.72 Å². The van der Waals surface area contributed by atoms with Gasteiger partial charge in [0.2, 0.25) is 0 Å². The maximum Gasteiger partial charge on any atom is 0.0228 e. The number of rotatable bonds is 2. The molecule has 0 aliphatic heterocycles. The van der Waals surface area contributed by atoms with Gasteiger partial charge in [0.15, 0.2) is 0 Å². The zero-order valence-electron chi connectivity index (χ0n) is 8.66. The number of hydrogen-bond acceptors (Lipinski definition) is 2. The Balaban J connectivity index is 2.13. The normalized spacial score (nSPS) is 22.1. The van der Waals surface area contributed by atoms with E-state index in [9.17, 15) is 8.76 Å². The van der Waals surface area contributed by atoms with Gasteiger partial charge in [-0.15, -0.1) is 0 Å². The third-order valence-corrected chi connectivity index (χ3v) is 3.38. The summed E-state index contributed by atoms with van der Waals surface area (Å²) in [6.07, 6.45) is 2.67. The number of benzene rings is 1. The van der Waals surface area contributed by atoms with E-state index in [2.05, 4.69) is 29.8 Å². The molecule has 0 fully saturated rings. The van der Waals surface area contributed by atoms with Crippen molar-refractivity contribution in [2.24, 2.45) is 0 Å². The van der Waals surface area contributed by atoms with Gasteiger partial charge < -0.3 is 4.55 Å². The van der Waals surface area contributed by atoms with E-state index in [0.717, 1.165) is 19.3 Å². The van der Waals surface area contributed by atoms with Gasteiger partial charge in [0, 0.05) is 17.3 Å². The molecule has 2 unspecified atom stereocenters. The first-order chi connectivity index (χ1) is 7.15. The third kappa shape index (κ3) is 2.65. The number of fused-ring (bicyclic) bond motifs is 1. The molecule has 0 aromatic heterocycles. The maximum absolute atomic E-state index is 10.5. The Morgan fingerprint density at radius 1 is 1.47 bits per heavy atom. The van der Waals surface area contributed by atoms with Crippen LogP contribution < -0.4 is 4.72 Å². The van der Waals surface area contributed by atoms with E-state index in [1.54, 1.807) is 0 Å². The van der Waals surface area contributed by atoms with Gasteiger partial charge in [0.25, 0.3) is 0 Å². The Bertz CT molecular complexity index is 392. The lowest BCUT2D eigenvalue weighted by Crippen LogP contribution is -2.35. The van der Waals surface area contributed by atoms with Gasteiger partial charge in [-0.25, -0.2) is 4.72 Å². The average molecular weight is 224 g/mol. The van der Waals surface area contributed by atoms with Gasteiger partial charge in [-0.05, 0) is 37.3 Å².